The van der Waals surface area contributed by atoms with Gasteiger partial charge in [0, 0.05) is 32.2 Å². The van der Waals surface area contributed by atoms with Crippen LogP contribution < -0.4 is 5.32 Å². The SMILES string of the molecule is CC(C)(C)C1CN(CCc2ccccc2F)CCN1. The molecule has 0 spiro atoms. The van der Waals surface area contributed by atoms with E-state index in [1.54, 1.807) is 12.1 Å². The molecule has 0 aliphatic carbocycles. The third-order valence-electron chi connectivity index (χ3n) is 3.96. The smallest absolute Gasteiger partial charge is 0.126 e. The normalized spacial score (nSPS) is 21.6. The van der Waals surface area contributed by atoms with E-state index in [-0.39, 0.29) is 11.2 Å². The monoisotopic (exact) mass is 264 g/mol. The first-order chi connectivity index (χ1) is 8.97. The zero-order valence-corrected chi connectivity index (χ0v) is 12.2. The molecule has 2 nitrogen and oxygen atoms in total. The van der Waals surface area contributed by atoms with Crippen molar-refractivity contribution < 1.29 is 4.39 Å². The van der Waals surface area contributed by atoms with Gasteiger partial charge in [-0.05, 0) is 23.5 Å². The van der Waals surface area contributed by atoms with Crippen LogP contribution in [0.2, 0.25) is 0 Å². The molecule has 106 valence electrons. The molecule has 1 heterocycles. The Bertz CT molecular complexity index is 411. The Morgan fingerprint density at radius 3 is 2.74 bits per heavy atom. The standard InChI is InChI=1S/C16H25FN2/c1-16(2,3)15-12-19(11-9-18-15)10-8-13-6-4-5-7-14(13)17/h4-7,15,18H,8-12H2,1-3H3. The first-order valence-corrected chi connectivity index (χ1v) is 7.16. The zero-order valence-electron chi connectivity index (χ0n) is 12.2. The molecule has 0 bridgehead atoms. The van der Waals surface area contributed by atoms with Gasteiger partial charge in [0.1, 0.15) is 5.82 Å². The Morgan fingerprint density at radius 1 is 1.32 bits per heavy atom. The lowest BCUT2D eigenvalue weighted by Crippen LogP contribution is -2.56. The lowest BCUT2D eigenvalue weighted by molar-refractivity contribution is 0.135. The quantitative estimate of drug-likeness (QED) is 0.903. The number of piperazine rings is 1. The highest BCUT2D eigenvalue weighted by Crippen LogP contribution is 2.22. The summed E-state index contributed by atoms with van der Waals surface area (Å²) in [6, 6.07) is 7.61. The van der Waals surface area contributed by atoms with E-state index in [0.717, 1.165) is 38.2 Å². The molecule has 1 aliphatic rings. The van der Waals surface area contributed by atoms with Crippen molar-refractivity contribution in [2.45, 2.75) is 33.2 Å². The summed E-state index contributed by atoms with van der Waals surface area (Å²) in [6.07, 6.45) is 0.795. The number of nitrogens with zero attached hydrogens (tertiary/aromatic N) is 1. The second-order valence-corrected chi connectivity index (χ2v) is 6.51. The molecule has 0 amide bonds. The van der Waals surface area contributed by atoms with Crippen LogP contribution in [-0.2, 0) is 6.42 Å². The summed E-state index contributed by atoms with van der Waals surface area (Å²) in [6.45, 7) is 10.9. The van der Waals surface area contributed by atoms with Gasteiger partial charge in [-0.2, -0.15) is 0 Å². The Balaban J connectivity index is 1.88. The lowest BCUT2D eigenvalue weighted by Gasteiger charge is -2.40. The van der Waals surface area contributed by atoms with Crippen molar-refractivity contribution in [3.05, 3.63) is 35.6 Å². The van der Waals surface area contributed by atoms with Crippen LogP contribution in [-0.4, -0.2) is 37.1 Å². The largest absolute Gasteiger partial charge is 0.311 e. The maximum Gasteiger partial charge on any atom is 0.126 e. The van der Waals surface area contributed by atoms with Crippen molar-refractivity contribution in [2.24, 2.45) is 5.41 Å². The van der Waals surface area contributed by atoms with E-state index < -0.39 is 0 Å². The molecule has 1 unspecified atom stereocenters. The number of hydrogen-bond donors (Lipinski definition) is 1. The van der Waals surface area contributed by atoms with Gasteiger partial charge in [-0.15, -0.1) is 0 Å². The minimum Gasteiger partial charge on any atom is -0.311 e. The summed E-state index contributed by atoms with van der Waals surface area (Å²) in [7, 11) is 0. The van der Waals surface area contributed by atoms with Crippen LogP contribution in [0, 0.1) is 11.2 Å². The highest BCUT2D eigenvalue weighted by atomic mass is 19.1. The summed E-state index contributed by atoms with van der Waals surface area (Å²) in [4.78, 5) is 2.44. The fourth-order valence-corrected chi connectivity index (χ4v) is 2.57. The molecule has 1 aromatic carbocycles. The number of nitrogens with one attached hydrogen (secondary N) is 1. The summed E-state index contributed by atoms with van der Waals surface area (Å²) in [5.74, 6) is -0.0787. The molecule has 1 saturated heterocycles. The molecule has 1 aromatic rings. The lowest BCUT2D eigenvalue weighted by atomic mass is 9.85. The number of rotatable bonds is 3. The molecule has 3 heteroatoms. The molecular formula is C16H25FN2. The van der Waals surface area contributed by atoms with Crippen LogP contribution in [0.1, 0.15) is 26.3 Å². The van der Waals surface area contributed by atoms with E-state index in [0.29, 0.717) is 6.04 Å². The third-order valence-corrected chi connectivity index (χ3v) is 3.96. The van der Waals surface area contributed by atoms with E-state index in [9.17, 15) is 4.39 Å². The van der Waals surface area contributed by atoms with Gasteiger partial charge >= 0.3 is 0 Å². The first kappa shape index (κ1) is 14.5. The second-order valence-electron chi connectivity index (χ2n) is 6.51. The average molecular weight is 264 g/mol. The molecular weight excluding hydrogens is 239 g/mol. The summed E-state index contributed by atoms with van der Waals surface area (Å²) in [5, 5.41) is 3.58. The van der Waals surface area contributed by atoms with Crippen molar-refractivity contribution in [1.29, 1.82) is 0 Å². The number of halogens is 1. The predicted molar refractivity (Wildman–Crippen MR) is 77.8 cm³/mol. The summed E-state index contributed by atoms with van der Waals surface area (Å²) in [5.41, 5.74) is 1.10. The molecule has 1 aliphatic heterocycles. The van der Waals surface area contributed by atoms with Gasteiger partial charge in [0.15, 0.2) is 0 Å². The Labute approximate surface area is 116 Å². The first-order valence-electron chi connectivity index (χ1n) is 7.16. The Hall–Kier alpha value is -0.930. The van der Waals surface area contributed by atoms with Gasteiger partial charge < -0.3 is 10.2 Å². The summed E-state index contributed by atoms with van der Waals surface area (Å²) >= 11 is 0. The predicted octanol–water partition coefficient (Wildman–Crippen LogP) is 2.69. The van der Waals surface area contributed by atoms with Crippen molar-refractivity contribution in [3.8, 4) is 0 Å². The molecule has 2 rings (SSSR count). The maximum atomic E-state index is 13.6. The van der Waals surface area contributed by atoms with Gasteiger partial charge in [-0.25, -0.2) is 4.39 Å². The number of benzene rings is 1. The van der Waals surface area contributed by atoms with E-state index in [1.165, 1.54) is 0 Å². The van der Waals surface area contributed by atoms with Crippen LogP contribution in [0.25, 0.3) is 0 Å². The molecule has 1 atom stereocenters. The molecule has 19 heavy (non-hydrogen) atoms. The van der Waals surface area contributed by atoms with Gasteiger partial charge in [0.2, 0.25) is 0 Å². The Kier molecular flexibility index (Phi) is 4.58. The molecule has 0 radical (unpaired) electrons. The van der Waals surface area contributed by atoms with E-state index in [2.05, 4.69) is 31.0 Å². The van der Waals surface area contributed by atoms with Gasteiger partial charge in [0.05, 0.1) is 0 Å². The Morgan fingerprint density at radius 2 is 2.05 bits per heavy atom. The number of hydrogen-bond acceptors (Lipinski definition) is 2. The van der Waals surface area contributed by atoms with Crippen LogP contribution in [0.15, 0.2) is 24.3 Å². The second kappa shape index (κ2) is 6.02. The highest BCUT2D eigenvalue weighted by molar-refractivity contribution is 5.17. The van der Waals surface area contributed by atoms with Crippen molar-refractivity contribution >= 4 is 0 Å². The zero-order chi connectivity index (χ0) is 13.9. The molecule has 1 fully saturated rings. The van der Waals surface area contributed by atoms with Gasteiger partial charge in [-0.3, -0.25) is 0 Å². The fourth-order valence-electron chi connectivity index (χ4n) is 2.57. The fraction of sp³-hybridized carbons (Fsp3) is 0.625. The van der Waals surface area contributed by atoms with Crippen LogP contribution in [0.3, 0.4) is 0 Å². The minimum atomic E-state index is -0.0787. The third kappa shape index (κ3) is 4.02. The van der Waals surface area contributed by atoms with Crippen molar-refractivity contribution in [1.82, 2.24) is 10.2 Å². The van der Waals surface area contributed by atoms with E-state index in [1.807, 2.05) is 12.1 Å². The van der Waals surface area contributed by atoms with Crippen LogP contribution in [0.5, 0.6) is 0 Å². The maximum absolute atomic E-state index is 13.6. The summed E-state index contributed by atoms with van der Waals surface area (Å²) < 4.78 is 13.6. The van der Waals surface area contributed by atoms with E-state index >= 15 is 0 Å². The molecule has 1 N–H and O–H groups in total. The van der Waals surface area contributed by atoms with Crippen LogP contribution >= 0.6 is 0 Å². The van der Waals surface area contributed by atoms with Crippen molar-refractivity contribution in [3.63, 3.8) is 0 Å². The highest BCUT2D eigenvalue weighted by Gasteiger charge is 2.28. The van der Waals surface area contributed by atoms with Crippen molar-refractivity contribution in [2.75, 3.05) is 26.2 Å². The average Bonchev–Trinajstić information content (AvgIpc) is 2.37. The van der Waals surface area contributed by atoms with E-state index in [4.69, 9.17) is 0 Å². The molecule has 0 aromatic heterocycles. The van der Waals surface area contributed by atoms with Gasteiger partial charge in [-0.1, -0.05) is 39.0 Å². The minimum absolute atomic E-state index is 0.0787. The van der Waals surface area contributed by atoms with Crippen LogP contribution in [0.4, 0.5) is 4.39 Å². The van der Waals surface area contributed by atoms with Gasteiger partial charge in [0.25, 0.3) is 0 Å². The topological polar surface area (TPSA) is 15.3 Å². The molecule has 0 saturated carbocycles.